The summed E-state index contributed by atoms with van der Waals surface area (Å²) in [5, 5.41) is 12.1. The van der Waals surface area contributed by atoms with Crippen LogP contribution in [-0.2, 0) is 4.79 Å². The standard InChI is InChI=1S/C15H15NO2/c1-11(12-7-9-14(17)10-8-12)15(18)16-13-5-3-2-4-6-13/h2-11,17H,1H3,(H,16,18). The highest BCUT2D eigenvalue weighted by Gasteiger charge is 2.14. The Morgan fingerprint density at radius 2 is 1.67 bits per heavy atom. The van der Waals surface area contributed by atoms with E-state index in [1.807, 2.05) is 37.3 Å². The van der Waals surface area contributed by atoms with Gasteiger partial charge in [-0.1, -0.05) is 30.3 Å². The molecule has 0 bridgehead atoms. The van der Waals surface area contributed by atoms with Crippen molar-refractivity contribution in [1.82, 2.24) is 0 Å². The second-order valence-corrected chi connectivity index (χ2v) is 4.17. The molecule has 0 saturated carbocycles. The molecular formula is C15H15NO2. The van der Waals surface area contributed by atoms with E-state index in [1.54, 1.807) is 24.3 Å². The third kappa shape index (κ3) is 2.88. The number of phenols is 1. The van der Waals surface area contributed by atoms with E-state index in [4.69, 9.17) is 0 Å². The summed E-state index contributed by atoms with van der Waals surface area (Å²) >= 11 is 0. The highest BCUT2D eigenvalue weighted by molar-refractivity contribution is 5.95. The van der Waals surface area contributed by atoms with Gasteiger partial charge in [-0.15, -0.1) is 0 Å². The minimum absolute atomic E-state index is 0.0631. The van der Waals surface area contributed by atoms with Gasteiger partial charge in [-0.25, -0.2) is 0 Å². The number of rotatable bonds is 3. The van der Waals surface area contributed by atoms with E-state index in [0.29, 0.717) is 0 Å². The first-order valence-corrected chi connectivity index (χ1v) is 5.81. The maximum absolute atomic E-state index is 12.0. The summed E-state index contributed by atoms with van der Waals surface area (Å²) in [5.41, 5.74) is 1.66. The lowest BCUT2D eigenvalue weighted by molar-refractivity contribution is -0.117. The minimum atomic E-state index is -0.259. The number of phenolic OH excluding ortho intramolecular Hbond substituents is 1. The van der Waals surface area contributed by atoms with Gasteiger partial charge in [0.05, 0.1) is 5.92 Å². The van der Waals surface area contributed by atoms with Gasteiger partial charge in [0.1, 0.15) is 5.75 Å². The third-order valence-electron chi connectivity index (χ3n) is 2.83. The summed E-state index contributed by atoms with van der Waals surface area (Å²) < 4.78 is 0. The molecule has 1 atom stereocenters. The van der Waals surface area contributed by atoms with Crippen LogP contribution in [0.2, 0.25) is 0 Å². The van der Waals surface area contributed by atoms with Crippen molar-refractivity contribution in [1.29, 1.82) is 0 Å². The molecule has 3 nitrogen and oxygen atoms in total. The van der Waals surface area contributed by atoms with Gasteiger partial charge in [-0.3, -0.25) is 4.79 Å². The average molecular weight is 241 g/mol. The third-order valence-corrected chi connectivity index (χ3v) is 2.83. The van der Waals surface area contributed by atoms with Crippen LogP contribution in [0.15, 0.2) is 54.6 Å². The fourth-order valence-corrected chi connectivity index (χ4v) is 1.69. The SMILES string of the molecule is CC(C(=O)Nc1ccccc1)c1ccc(O)cc1. The number of amides is 1. The Hall–Kier alpha value is -2.29. The fraction of sp³-hybridized carbons (Fsp3) is 0.133. The van der Waals surface area contributed by atoms with Gasteiger partial charge in [0.2, 0.25) is 5.91 Å². The van der Waals surface area contributed by atoms with E-state index >= 15 is 0 Å². The zero-order valence-corrected chi connectivity index (χ0v) is 10.1. The van der Waals surface area contributed by atoms with Gasteiger partial charge in [0, 0.05) is 5.69 Å². The Kier molecular flexibility index (Phi) is 3.63. The number of anilines is 1. The molecule has 18 heavy (non-hydrogen) atoms. The van der Waals surface area contributed by atoms with Gasteiger partial charge in [-0.05, 0) is 36.8 Å². The number of nitrogens with one attached hydrogen (secondary N) is 1. The molecule has 0 aromatic heterocycles. The Morgan fingerprint density at radius 3 is 2.28 bits per heavy atom. The van der Waals surface area contributed by atoms with E-state index in [0.717, 1.165) is 11.3 Å². The van der Waals surface area contributed by atoms with Crippen molar-refractivity contribution >= 4 is 11.6 Å². The molecule has 2 aromatic carbocycles. The molecule has 0 aliphatic rings. The van der Waals surface area contributed by atoms with Crippen LogP contribution >= 0.6 is 0 Å². The van der Waals surface area contributed by atoms with E-state index in [1.165, 1.54) is 0 Å². The van der Waals surface area contributed by atoms with Crippen molar-refractivity contribution in [3.63, 3.8) is 0 Å². The monoisotopic (exact) mass is 241 g/mol. The first-order chi connectivity index (χ1) is 8.66. The molecule has 0 heterocycles. The molecule has 0 fully saturated rings. The van der Waals surface area contributed by atoms with Gasteiger partial charge in [0.15, 0.2) is 0 Å². The minimum Gasteiger partial charge on any atom is -0.508 e. The zero-order chi connectivity index (χ0) is 13.0. The lowest BCUT2D eigenvalue weighted by atomic mass is 10.0. The maximum atomic E-state index is 12.0. The van der Waals surface area contributed by atoms with Gasteiger partial charge >= 0.3 is 0 Å². The molecule has 1 unspecified atom stereocenters. The molecular weight excluding hydrogens is 226 g/mol. The molecule has 0 spiro atoms. The van der Waals surface area contributed by atoms with Crippen LogP contribution in [-0.4, -0.2) is 11.0 Å². The van der Waals surface area contributed by atoms with E-state index < -0.39 is 0 Å². The Labute approximate surface area is 106 Å². The highest BCUT2D eigenvalue weighted by Crippen LogP contribution is 2.20. The number of aromatic hydroxyl groups is 1. The lowest BCUT2D eigenvalue weighted by Gasteiger charge is -2.12. The molecule has 3 heteroatoms. The molecule has 2 aromatic rings. The normalized spacial score (nSPS) is 11.8. The van der Waals surface area contributed by atoms with Gasteiger partial charge in [0.25, 0.3) is 0 Å². The summed E-state index contributed by atoms with van der Waals surface area (Å²) in [6.45, 7) is 1.84. The van der Waals surface area contributed by atoms with E-state index in [9.17, 15) is 9.90 Å². The van der Waals surface area contributed by atoms with Crippen molar-refractivity contribution in [2.45, 2.75) is 12.8 Å². The smallest absolute Gasteiger partial charge is 0.231 e. The fourth-order valence-electron chi connectivity index (χ4n) is 1.69. The molecule has 2 N–H and O–H groups in total. The average Bonchev–Trinajstić information content (AvgIpc) is 2.40. The highest BCUT2D eigenvalue weighted by atomic mass is 16.3. The van der Waals surface area contributed by atoms with E-state index in [2.05, 4.69) is 5.32 Å². The van der Waals surface area contributed by atoms with Crippen LogP contribution in [0.1, 0.15) is 18.4 Å². The second-order valence-electron chi connectivity index (χ2n) is 4.17. The summed E-state index contributed by atoms with van der Waals surface area (Å²) in [6, 6.07) is 16.0. The van der Waals surface area contributed by atoms with E-state index in [-0.39, 0.29) is 17.6 Å². The number of carbonyl (C=O) groups excluding carboxylic acids is 1. The van der Waals surface area contributed by atoms with Crippen LogP contribution in [0.25, 0.3) is 0 Å². The van der Waals surface area contributed by atoms with Crippen LogP contribution in [0.3, 0.4) is 0 Å². The first kappa shape index (κ1) is 12.2. The molecule has 0 saturated heterocycles. The van der Waals surface area contributed by atoms with Crippen molar-refractivity contribution in [2.24, 2.45) is 0 Å². The summed E-state index contributed by atoms with van der Waals surface area (Å²) in [5.74, 6) is -0.118. The molecule has 0 radical (unpaired) electrons. The van der Waals surface area contributed by atoms with Crippen molar-refractivity contribution in [3.05, 3.63) is 60.2 Å². The molecule has 0 aliphatic carbocycles. The maximum Gasteiger partial charge on any atom is 0.231 e. The quantitative estimate of drug-likeness (QED) is 0.867. The molecule has 2 rings (SSSR count). The van der Waals surface area contributed by atoms with Gasteiger partial charge in [-0.2, -0.15) is 0 Å². The summed E-state index contributed by atoms with van der Waals surface area (Å²) in [7, 11) is 0. The number of para-hydroxylation sites is 1. The Bertz CT molecular complexity index is 520. The molecule has 1 amide bonds. The van der Waals surface area contributed by atoms with Crippen molar-refractivity contribution < 1.29 is 9.90 Å². The summed E-state index contributed by atoms with van der Waals surface area (Å²) in [4.78, 5) is 12.0. The van der Waals surface area contributed by atoms with Crippen LogP contribution < -0.4 is 5.32 Å². The lowest BCUT2D eigenvalue weighted by Crippen LogP contribution is -2.18. The number of hydrogen-bond donors (Lipinski definition) is 2. The molecule has 0 aliphatic heterocycles. The zero-order valence-electron chi connectivity index (χ0n) is 10.1. The van der Waals surface area contributed by atoms with Crippen molar-refractivity contribution in [3.8, 4) is 5.75 Å². The summed E-state index contributed by atoms with van der Waals surface area (Å²) in [6.07, 6.45) is 0. The predicted molar refractivity (Wildman–Crippen MR) is 71.6 cm³/mol. The second kappa shape index (κ2) is 5.36. The van der Waals surface area contributed by atoms with Crippen LogP contribution in [0.4, 0.5) is 5.69 Å². The first-order valence-electron chi connectivity index (χ1n) is 5.81. The van der Waals surface area contributed by atoms with Crippen LogP contribution in [0, 0.1) is 0 Å². The number of benzene rings is 2. The Balaban J connectivity index is 2.07. The van der Waals surface area contributed by atoms with Crippen molar-refractivity contribution in [2.75, 3.05) is 5.32 Å². The largest absolute Gasteiger partial charge is 0.508 e. The van der Waals surface area contributed by atoms with Crippen LogP contribution in [0.5, 0.6) is 5.75 Å². The number of hydrogen-bond acceptors (Lipinski definition) is 2. The van der Waals surface area contributed by atoms with Gasteiger partial charge < -0.3 is 10.4 Å². The number of carbonyl (C=O) groups is 1. The predicted octanol–water partition coefficient (Wildman–Crippen LogP) is 3.13. The molecule has 92 valence electrons. The Morgan fingerprint density at radius 1 is 1.06 bits per heavy atom. The topological polar surface area (TPSA) is 49.3 Å².